The summed E-state index contributed by atoms with van der Waals surface area (Å²) in [5, 5.41) is 12.4. The number of aryl methyl sites for hydroxylation is 1. The van der Waals surface area contributed by atoms with E-state index in [1.165, 1.54) is 50.3 Å². The molecule has 3 aliphatic rings. The van der Waals surface area contributed by atoms with Crippen LogP contribution in [0.2, 0.25) is 0 Å². The van der Waals surface area contributed by atoms with Crippen molar-refractivity contribution in [2.75, 3.05) is 13.1 Å². The lowest BCUT2D eigenvalue weighted by Crippen LogP contribution is -2.27. The Labute approximate surface area is 127 Å². The van der Waals surface area contributed by atoms with Gasteiger partial charge < -0.3 is 9.88 Å². The van der Waals surface area contributed by atoms with Crippen LogP contribution < -0.4 is 5.32 Å². The summed E-state index contributed by atoms with van der Waals surface area (Å²) < 4.78 is 2.37. The van der Waals surface area contributed by atoms with E-state index in [1.807, 2.05) is 0 Å². The summed E-state index contributed by atoms with van der Waals surface area (Å²) in [4.78, 5) is 0. The van der Waals surface area contributed by atoms with E-state index in [0.29, 0.717) is 0 Å². The third kappa shape index (κ3) is 2.78. The van der Waals surface area contributed by atoms with Gasteiger partial charge in [0.1, 0.15) is 11.6 Å². The van der Waals surface area contributed by atoms with Gasteiger partial charge in [0.25, 0.3) is 0 Å². The maximum atomic E-state index is 4.41. The lowest BCUT2D eigenvalue weighted by molar-refractivity contribution is 0.414. The van der Waals surface area contributed by atoms with E-state index in [1.54, 1.807) is 0 Å². The van der Waals surface area contributed by atoms with Crippen molar-refractivity contribution in [1.82, 2.24) is 20.1 Å². The van der Waals surface area contributed by atoms with E-state index in [4.69, 9.17) is 0 Å². The van der Waals surface area contributed by atoms with Crippen molar-refractivity contribution in [1.29, 1.82) is 0 Å². The van der Waals surface area contributed by atoms with Gasteiger partial charge in [0, 0.05) is 25.9 Å². The lowest BCUT2D eigenvalue weighted by atomic mass is 9.94. The summed E-state index contributed by atoms with van der Waals surface area (Å²) in [6, 6.07) is 0. The number of allylic oxidation sites excluding steroid dienone is 2. The Kier molecular flexibility index (Phi) is 3.80. The maximum Gasteiger partial charge on any atom is 0.134 e. The Bertz CT molecular complexity index is 519. The second-order valence-electron chi connectivity index (χ2n) is 6.99. The third-order valence-corrected chi connectivity index (χ3v) is 5.53. The van der Waals surface area contributed by atoms with E-state index in [2.05, 4.69) is 32.2 Å². The minimum Gasteiger partial charge on any atom is -0.316 e. The van der Waals surface area contributed by atoms with E-state index in [9.17, 15) is 0 Å². The highest BCUT2D eigenvalue weighted by molar-refractivity contribution is 5.10. The van der Waals surface area contributed by atoms with E-state index < -0.39 is 0 Å². The highest BCUT2D eigenvalue weighted by Crippen LogP contribution is 2.42. The highest BCUT2D eigenvalue weighted by Gasteiger charge is 2.34. The average Bonchev–Trinajstić information content (AvgIpc) is 3.16. The second kappa shape index (κ2) is 5.91. The van der Waals surface area contributed by atoms with Crippen LogP contribution in [0.25, 0.3) is 0 Å². The van der Waals surface area contributed by atoms with Crippen LogP contribution in [0.3, 0.4) is 0 Å². The first-order valence-electron chi connectivity index (χ1n) is 8.70. The number of rotatable bonds is 5. The normalized spacial score (nSPS) is 30.6. The molecule has 1 aliphatic heterocycles. The molecule has 4 nitrogen and oxygen atoms in total. The third-order valence-electron chi connectivity index (χ3n) is 5.53. The van der Waals surface area contributed by atoms with Gasteiger partial charge in [-0.25, -0.2) is 0 Å². The van der Waals surface area contributed by atoms with E-state index >= 15 is 0 Å². The minimum absolute atomic E-state index is 0.854. The molecule has 1 saturated carbocycles. The minimum atomic E-state index is 0.854. The lowest BCUT2D eigenvalue weighted by Gasteiger charge is -2.18. The fraction of sp³-hybridized carbons (Fsp3) is 0.765. The molecule has 0 radical (unpaired) electrons. The molecule has 2 heterocycles. The zero-order valence-electron chi connectivity index (χ0n) is 12.8. The molecule has 0 amide bonds. The van der Waals surface area contributed by atoms with Gasteiger partial charge in [0.15, 0.2) is 0 Å². The molecule has 0 aromatic carbocycles. The van der Waals surface area contributed by atoms with Gasteiger partial charge in [-0.05, 0) is 50.0 Å². The molecule has 4 heteroatoms. The Morgan fingerprint density at radius 1 is 1.14 bits per heavy atom. The molecule has 1 fully saturated rings. The molecule has 0 saturated heterocycles. The Balaban J connectivity index is 1.26. The summed E-state index contributed by atoms with van der Waals surface area (Å²) in [7, 11) is 0. The second-order valence-corrected chi connectivity index (χ2v) is 6.99. The molecule has 2 bridgehead atoms. The molecule has 3 atom stereocenters. The molecular formula is C17H26N4. The summed E-state index contributed by atoms with van der Waals surface area (Å²) in [5.74, 6) is 5.00. The average molecular weight is 286 g/mol. The molecule has 1 aromatic heterocycles. The Hall–Kier alpha value is -1.16. The molecule has 114 valence electrons. The molecule has 2 aliphatic carbocycles. The summed E-state index contributed by atoms with van der Waals surface area (Å²) in [6.07, 6.45) is 13.7. The fourth-order valence-corrected chi connectivity index (χ4v) is 4.35. The van der Waals surface area contributed by atoms with Gasteiger partial charge >= 0.3 is 0 Å². The molecule has 4 rings (SSSR count). The maximum absolute atomic E-state index is 4.41. The quantitative estimate of drug-likeness (QED) is 0.667. The van der Waals surface area contributed by atoms with Crippen LogP contribution in [-0.4, -0.2) is 27.9 Å². The molecule has 3 unspecified atom stereocenters. The summed E-state index contributed by atoms with van der Waals surface area (Å²) >= 11 is 0. The zero-order valence-corrected chi connectivity index (χ0v) is 12.8. The summed E-state index contributed by atoms with van der Waals surface area (Å²) in [6.45, 7) is 3.33. The largest absolute Gasteiger partial charge is 0.316 e. The van der Waals surface area contributed by atoms with Crippen molar-refractivity contribution in [3.63, 3.8) is 0 Å². The first kappa shape index (κ1) is 13.5. The number of hydrogen-bond donors (Lipinski definition) is 1. The highest BCUT2D eigenvalue weighted by atomic mass is 15.3. The van der Waals surface area contributed by atoms with Gasteiger partial charge in [0.2, 0.25) is 0 Å². The van der Waals surface area contributed by atoms with Crippen LogP contribution in [0.15, 0.2) is 12.2 Å². The number of hydrogen-bond acceptors (Lipinski definition) is 3. The van der Waals surface area contributed by atoms with Crippen LogP contribution in [0.5, 0.6) is 0 Å². The van der Waals surface area contributed by atoms with Crippen molar-refractivity contribution in [3.8, 4) is 0 Å². The van der Waals surface area contributed by atoms with Gasteiger partial charge in [-0.15, -0.1) is 10.2 Å². The van der Waals surface area contributed by atoms with Crippen molar-refractivity contribution in [3.05, 3.63) is 23.8 Å². The van der Waals surface area contributed by atoms with E-state index in [0.717, 1.165) is 43.7 Å². The number of aromatic nitrogens is 3. The first-order valence-corrected chi connectivity index (χ1v) is 8.70. The predicted octanol–water partition coefficient (Wildman–Crippen LogP) is 2.35. The van der Waals surface area contributed by atoms with Crippen LogP contribution in [0, 0.1) is 17.8 Å². The van der Waals surface area contributed by atoms with Crippen LogP contribution >= 0.6 is 0 Å². The van der Waals surface area contributed by atoms with Crippen molar-refractivity contribution in [2.24, 2.45) is 17.8 Å². The summed E-state index contributed by atoms with van der Waals surface area (Å²) in [5.41, 5.74) is 0. The van der Waals surface area contributed by atoms with Crippen LogP contribution in [0.1, 0.15) is 43.8 Å². The Morgan fingerprint density at radius 3 is 3.00 bits per heavy atom. The molecule has 0 spiro atoms. The SMILES string of the molecule is C1=CC2CC1CC2CNCCc1nnc2n1CCCCC2. The monoisotopic (exact) mass is 286 g/mol. The van der Waals surface area contributed by atoms with Gasteiger partial charge in [-0.1, -0.05) is 18.6 Å². The Morgan fingerprint density at radius 2 is 2.14 bits per heavy atom. The topological polar surface area (TPSA) is 42.7 Å². The number of fused-ring (bicyclic) bond motifs is 3. The van der Waals surface area contributed by atoms with Crippen molar-refractivity contribution in [2.45, 2.75) is 51.5 Å². The smallest absolute Gasteiger partial charge is 0.134 e. The van der Waals surface area contributed by atoms with Gasteiger partial charge in [-0.3, -0.25) is 0 Å². The van der Waals surface area contributed by atoms with Gasteiger partial charge in [0.05, 0.1) is 0 Å². The molecule has 1 N–H and O–H groups in total. The fourth-order valence-electron chi connectivity index (χ4n) is 4.35. The van der Waals surface area contributed by atoms with E-state index in [-0.39, 0.29) is 0 Å². The zero-order chi connectivity index (χ0) is 14.1. The standard InChI is InChI=1S/C17H26N4/c1-2-4-16-19-20-17(21(16)9-3-1)7-8-18-12-15-11-13-5-6-14(15)10-13/h5-6,13-15,18H,1-4,7-12H2. The van der Waals surface area contributed by atoms with Crippen molar-refractivity contribution < 1.29 is 0 Å². The number of nitrogens with zero attached hydrogens (tertiary/aromatic N) is 3. The van der Waals surface area contributed by atoms with Crippen LogP contribution in [0.4, 0.5) is 0 Å². The molecule has 21 heavy (non-hydrogen) atoms. The van der Waals surface area contributed by atoms with Gasteiger partial charge in [-0.2, -0.15) is 0 Å². The van der Waals surface area contributed by atoms with Crippen molar-refractivity contribution >= 4 is 0 Å². The van der Waals surface area contributed by atoms with Crippen LogP contribution in [-0.2, 0) is 19.4 Å². The molecular weight excluding hydrogens is 260 g/mol. The molecule has 1 aromatic rings. The predicted molar refractivity (Wildman–Crippen MR) is 83.0 cm³/mol. The number of nitrogens with one attached hydrogen (secondary N) is 1. The first-order chi connectivity index (χ1) is 10.4.